The van der Waals surface area contributed by atoms with Crippen molar-refractivity contribution in [2.45, 2.75) is 44.8 Å². The highest BCUT2D eigenvalue weighted by atomic mass is 28.4. The van der Waals surface area contributed by atoms with Crippen molar-refractivity contribution < 1.29 is 28.8 Å². The molecule has 1 aromatic carbocycles. The summed E-state index contributed by atoms with van der Waals surface area (Å²) in [5.41, 5.74) is 0.585. The van der Waals surface area contributed by atoms with E-state index >= 15 is 0 Å². The van der Waals surface area contributed by atoms with E-state index in [0.717, 1.165) is 0 Å². The van der Waals surface area contributed by atoms with Gasteiger partial charge < -0.3 is 19.2 Å². The molecule has 188 valence electrons. The number of piperazine rings is 1. The lowest BCUT2D eigenvalue weighted by molar-refractivity contribution is -0.384. The fourth-order valence-electron chi connectivity index (χ4n) is 4.30. The highest BCUT2D eigenvalue weighted by molar-refractivity contribution is 6.69. The maximum Gasteiger partial charge on any atom is 0.410 e. The first-order chi connectivity index (χ1) is 16.1. The van der Waals surface area contributed by atoms with Crippen molar-refractivity contribution in [3.8, 4) is 0 Å². The molecule has 12 heteroatoms. The van der Waals surface area contributed by atoms with Gasteiger partial charge in [0.25, 0.3) is 5.69 Å². The number of ether oxygens (including phenoxy) is 1. The molecule has 2 aliphatic rings. The lowest BCUT2D eigenvalue weighted by atomic mass is 10.1. The Kier molecular flexibility index (Phi) is 8.63. The number of aliphatic hydroxyl groups is 1. The van der Waals surface area contributed by atoms with E-state index in [4.69, 9.17) is 14.3 Å². The highest BCUT2D eigenvalue weighted by Gasteiger charge is 2.44. The van der Waals surface area contributed by atoms with E-state index in [1.165, 1.54) is 17.0 Å². The Balaban J connectivity index is 1.65. The number of aliphatic hydroxyl groups excluding tert-OH is 1. The molecule has 0 unspecified atom stereocenters. The minimum Gasteiger partial charge on any atom is -0.445 e. The predicted molar refractivity (Wildman–Crippen MR) is 127 cm³/mol. The Bertz CT molecular complexity index is 869. The molecule has 2 atom stereocenters. The summed E-state index contributed by atoms with van der Waals surface area (Å²) in [5, 5.41) is 20.0. The molecule has 0 aromatic heterocycles. The molecule has 0 bridgehead atoms. The van der Waals surface area contributed by atoms with E-state index in [2.05, 4.69) is 24.5 Å². The molecule has 0 aliphatic carbocycles. The highest BCUT2D eigenvalue weighted by Crippen LogP contribution is 2.26. The van der Waals surface area contributed by atoms with Crippen LogP contribution in [0.1, 0.15) is 12.0 Å². The van der Waals surface area contributed by atoms with Gasteiger partial charge in [-0.25, -0.2) is 4.79 Å². The molecule has 0 radical (unpaired) electrons. The summed E-state index contributed by atoms with van der Waals surface area (Å²) in [6, 6.07) is 5.15. The van der Waals surface area contributed by atoms with E-state index in [-0.39, 0.29) is 37.5 Å². The lowest BCUT2D eigenvalue weighted by Gasteiger charge is -2.36. The summed E-state index contributed by atoms with van der Waals surface area (Å²) in [5.74, 6) is -0.113. The van der Waals surface area contributed by atoms with Crippen molar-refractivity contribution in [1.29, 1.82) is 0 Å². The minimum atomic E-state index is -1.88. The molecule has 2 fully saturated rings. The molecule has 2 heterocycles. The number of likely N-dealkylation sites (tertiary alicyclic amines) is 1. The number of hydrogen-bond donors (Lipinski definition) is 1. The van der Waals surface area contributed by atoms with Crippen LogP contribution in [0.5, 0.6) is 0 Å². The van der Waals surface area contributed by atoms with Crippen LogP contribution in [0.4, 0.5) is 10.5 Å². The lowest BCUT2D eigenvalue weighted by Crippen LogP contribution is -2.54. The molecule has 3 rings (SSSR count). The van der Waals surface area contributed by atoms with Crippen molar-refractivity contribution in [1.82, 2.24) is 14.7 Å². The Morgan fingerprint density at radius 2 is 1.79 bits per heavy atom. The Morgan fingerprint density at radius 3 is 2.35 bits per heavy atom. The predicted octanol–water partition coefficient (Wildman–Crippen LogP) is 1.66. The first-order valence-corrected chi connectivity index (χ1v) is 14.9. The second-order valence-electron chi connectivity index (χ2n) is 9.62. The number of nitrogens with zero attached hydrogens (tertiary/aromatic N) is 4. The van der Waals surface area contributed by atoms with E-state index in [0.29, 0.717) is 44.7 Å². The third-order valence-corrected chi connectivity index (χ3v) is 6.95. The normalized spacial score (nSPS) is 21.5. The van der Waals surface area contributed by atoms with Gasteiger partial charge in [0.2, 0.25) is 5.91 Å². The smallest absolute Gasteiger partial charge is 0.410 e. The average Bonchev–Trinajstić information content (AvgIpc) is 3.20. The molecule has 34 heavy (non-hydrogen) atoms. The molecular formula is C22H34N4O7Si. The number of hydrogen-bond acceptors (Lipinski definition) is 8. The fraction of sp³-hybridized carbons (Fsp3) is 0.636. The van der Waals surface area contributed by atoms with Crippen LogP contribution in [-0.4, -0.2) is 103 Å². The fourth-order valence-corrected chi connectivity index (χ4v) is 5.48. The number of carbonyl (C=O) groups excluding carboxylic acids is 2. The SMILES string of the molecule is C[Si](C)(C)O[C@@H]1C[C@@H](C(=O)N2CCN(CCO)CC2)N(C(=O)OCc2ccc([N+](=O)[O-])cc2)C1. The van der Waals surface area contributed by atoms with Crippen LogP contribution in [0.2, 0.25) is 19.6 Å². The van der Waals surface area contributed by atoms with Crippen LogP contribution in [0.3, 0.4) is 0 Å². The van der Waals surface area contributed by atoms with Crippen molar-refractivity contribution in [2.24, 2.45) is 0 Å². The van der Waals surface area contributed by atoms with Gasteiger partial charge in [0.15, 0.2) is 8.32 Å². The molecule has 1 N–H and O–H groups in total. The van der Waals surface area contributed by atoms with Crippen molar-refractivity contribution in [3.05, 3.63) is 39.9 Å². The summed E-state index contributed by atoms with van der Waals surface area (Å²) < 4.78 is 11.7. The molecule has 0 spiro atoms. The van der Waals surface area contributed by atoms with Gasteiger partial charge in [-0.3, -0.25) is 24.7 Å². The first-order valence-electron chi connectivity index (χ1n) is 11.5. The van der Waals surface area contributed by atoms with Crippen molar-refractivity contribution in [3.63, 3.8) is 0 Å². The summed E-state index contributed by atoms with van der Waals surface area (Å²) in [6.07, 6.45) is -0.410. The number of rotatable bonds is 8. The average molecular weight is 495 g/mol. The number of non-ortho nitro benzene ring substituents is 1. The van der Waals surface area contributed by atoms with Crippen molar-refractivity contribution >= 4 is 26.0 Å². The molecule has 11 nitrogen and oxygen atoms in total. The standard InChI is InChI=1S/C22H34N4O7Si/c1-34(2,3)33-19-14-20(21(28)24-10-8-23(9-11-24)12-13-27)25(15-19)22(29)32-16-17-4-6-18(7-5-17)26(30)31/h4-7,19-20,27H,8-16H2,1-3H3/t19-,20+/m1/s1. The summed E-state index contributed by atoms with van der Waals surface area (Å²) in [4.78, 5) is 42.0. The van der Waals surface area contributed by atoms with Gasteiger partial charge in [0.05, 0.1) is 17.6 Å². The zero-order valence-electron chi connectivity index (χ0n) is 20.0. The number of β-amino-alcohol motifs (C(OH)–C–C–N with tert-alkyl or cyclic N) is 1. The Morgan fingerprint density at radius 1 is 1.15 bits per heavy atom. The third-order valence-electron chi connectivity index (χ3n) is 5.91. The summed E-state index contributed by atoms with van der Waals surface area (Å²) >= 11 is 0. The van der Waals surface area contributed by atoms with Crippen LogP contribution < -0.4 is 0 Å². The van der Waals surface area contributed by atoms with E-state index < -0.39 is 25.4 Å². The third kappa shape index (κ3) is 6.98. The maximum absolute atomic E-state index is 13.4. The summed E-state index contributed by atoms with van der Waals surface area (Å²) in [7, 11) is -1.88. The number of benzene rings is 1. The van der Waals surface area contributed by atoms with Gasteiger partial charge in [-0.15, -0.1) is 0 Å². The quantitative estimate of drug-likeness (QED) is 0.329. The first kappa shape index (κ1) is 26.1. The van der Waals surface area contributed by atoms with E-state index in [1.807, 2.05) is 0 Å². The number of nitro groups is 1. The van der Waals surface area contributed by atoms with Gasteiger partial charge >= 0.3 is 6.09 Å². The van der Waals surface area contributed by atoms with Gasteiger partial charge in [-0.05, 0) is 37.3 Å². The van der Waals surface area contributed by atoms with Crippen LogP contribution in [0.15, 0.2) is 24.3 Å². The summed E-state index contributed by atoms with van der Waals surface area (Å²) in [6.45, 7) is 9.55. The molecule has 2 saturated heterocycles. The second kappa shape index (κ2) is 11.3. The van der Waals surface area contributed by atoms with Crippen LogP contribution in [0.25, 0.3) is 0 Å². The zero-order chi connectivity index (χ0) is 24.9. The number of carbonyl (C=O) groups is 2. The second-order valence-corrected chi connectivity index (χ2v) is 14.1. The number of amides is 2. The maximum atomic E-state index is 13.4. The van der Waals surface area contributed by atoms with Gasteiger partial charge in [0, 0.05) is 57.8 Å². The molecule has 2 amide bonds. The molecule has 2 aliphatic heterocycles. The molecule has 0 saturated carbocycles. The largest absolute Gasteiger partial charge is 0.445 e. The Labute approximate surface area is 200 Å². The van der Waals surface area contributed by atoms with E-state index in [9.17, 15) is 19.7 Å². The number of nitro benzene ring substituents is 1. The minimum absolute atomic E-state index is 0.0364. The Hall–Kier alpha value is -2.54. The van der Waals surface area contributed by atoms with Crippen LogP contribution in [0, 0.1) is 10.1 Å². The van der Waals surface area contributed by atoms with Crippen molar-refractivity contribution in [2.75, 3.05) is 45.9 Å². The zero-order valence-corrected chi connectivity index (χ0v) is 21.0. The van der Waals surface area contributed by atoms with Gasteiger partial charge in [-0.1, -0.05) is 0 Å². The molecule has 1 aromatic rings. The monoisotopic (exact) mass is 494 g/mol. The van der Waals surface area contributed by atoms with Crippen LogP contribution in [-0.2, 0) is 20.6 Å². The topological polar surface area (TPSA) is 126 Å². The van der Waals surface area contributed by atoms with Gasteiger partial charge in [0.1, 0.15) is 12.6 Å². The molecular weight excluding hydrogens is 460 g/mol. The van der Waals surface area contributed by atoms with Crippen LogP contribution >= 0.6 is 0 Å². The van der Waals surface area contributed by atoms with E-state index in [1.54, 1.807) is 17.0 Å². The van der Waals surface area contributed by atoms with Gasteiger partial charge in [-0.2, -0.15) is 0 Å².